The Balaban J connectivity index is 1.49. The zero-order valence-electron chi connectivity index (χ0n) is 21.3. The summed E-state index contributed by atoms with van der Waals surface area (Å²) >= 11 is 12.0. The van der Waals surface area contributed by atoms with Crippen LogP contribution in [0.1, 0.15) is 30.9 Å². The molecule has 1 heterocycles. The SMILES string of the molecule is C[C@@]1(C(=O)N[C@@H](Cc2ccc(Oc3ccccc3C#N)cc2)C(=O)O)CCCN1S(=O)(=O)c1cc(Cl)cc(Cl)c1. The van der Waals surface area contributed by atoms with E-state index in [2.05, 4.69) is 11.4 Å². The topological polar surface area (TPSA) is 137 Å². The fourth-order valence-electron chi connectivity index (χ4n) is 4.57. The molecule has 1 aliphatic heterocycles. The lowest BCUT2D eigenvalue weighted by Gasteiger charge is -2.34. The van der Waals surface area contributed by atoms with Crippen LogP contribution in [-0.4, -0.2) is 47.8 Å². The van der Waals surface area contributed by atoms with Crippen molar-refractivity contribution in [3.8, 4) is 17.6 Å². The van der Waals surface area contributed by atoms with Crippen LogP contribution in [0.3, 0.4) is 0 Å². The Hall–Kier alpha value is -3.62. The summed E-state index contributed by atoms with van der Waals surface area (Å²) in [6.07, 6.45) is 0.559. The summed E-state index contributed by atoms with van der Waals surface area (Å²) in [6, 6.07) is 18.0. The first-order valence-corrected chi connectivity index (χ1v) is 14.4. The summed E-state index contributed by atoms with van der Waals surface area (Å²) in [5.74, 6) is -1.16. The molecule has 0 radical (unpaired) electrons. The van der Waals surface area contributed by atoms with Crippen molar-refractivity contribution < 1.29 is 27.9 Å². The Morgan fingerprint density at radius 1 is 1.12 bits per heavy atom. The molecule has 40 heavy (non-hydrogen) atoms. The quantitative estimate of drug-likeness (QED) is 0.351. The Morgan fingerprint density at radius 3 is 2.40 bits per heavy atom. The first kappa shape index (κ1) is 29.4. The van der Waals surface area contributed by atoms with Crippen LogP contribution in [0.15, 0.2) is 71.6 Å². The maximum atomic E-state index is 13.5. The number of carboxylic acids is 1. The summed E-state index contributed by atoms with van der Waals surface area (Å²) in [5.41, 5.74) is -0.550. The van der Waals surface area contributed by atoms with Crippen molar-refractivity contribution in [3.05, 3.63) is 87.9 Å². The summed E-state index contributed by atoms with van der Waals surface area (Å²) < 4.78 is 33.7. The van der Waals surface area contributed by atoms with Gasteiger partial charge in [0.15, 0.2) is 0 Å². The molecule has 0 bridgehead atoms. The zero-order chi connectivity index (χ0) is 29.1. The number of carbonyl (C=O) groups is 2. The Labute approximate surface area is 241 Å². The highest BCUT2D eigenvalue weighted by atomic mass is 35.5. The summed E-state index contributed by atoms with van der Waals surface area (Å²) in [6.45, 7) is 1.55. The van der Waals surface area contributed by atoms with E-state index < -0.39 is 33.5 Å². The minimum absolute atomic E-state index is 0.0527. The third-order valence-electron chi connectivity index (χ3n) is 6.69. The first-order valence-electron chi connectivity index (χ1n) is 12.2. The number of halogens is 2. The van der Waals surface area contributed by atoms with Crippen LogP contribution >= 0.6 is 23.2 Å². The highest BCUT2D eigenvalue weighted by molar-refractivity contribution is 7.89. The minimum atomic E-state index is -4.16. The molecule has 0 aromatic heterocycles. The molecule has 1 saturated heterocycles. The van der Waals surface area contributed by atoms with Crippen molar-refractivity contribution in [1.82, 2.24) is 9.62 Å². The highest BCUT2D eigenvalue weighted by Gasteiger charge is 2.50. The molecule has 0 saturated carbocycles. The van der Waals surface area contributed by atoms with E-state index in [1.165, 1.54) is 25.1 Å². The summed E-state index contributed by atoms with van der Waals surface area (Å²) in [4.78, 5) is 25.4. The van der Waals surface area contributed by atoms with E-state index in [1.807, 2.05) is 0 Å². The maximum absolute atomic E-state index is 13.5. The van der Waals surface area contributed by atoms with Gasteiger partial charge >= 0.3 is 5.97 Å². The van der Waals surface area contributed by atoms with Gasteiger partial charge in [0.1, 0.15) is 29.1 Å². The second-order valence-electron chi connectivity index (χ2n) is 9.48. The van der Waals surface area contributed by atoms with Gasteiger partial charge in [0.25, 0.3) is 0 Å². The van der Waals surface area contributed by atoms with Crippen LogP contribution in [0.5, 0.6) is 11.5 Å². The molecular formula is C28H25Cl2N3O6S. The lowest BCUT2D eigenvalue weighted by Crippen LogP contribution is -2.58. The van der Waals surface area contributed by atoms with Crippen LogP contribution < -0.4 is 10.1 Å². The molecule has 3 aromatic rings. The molecular weight excluding hydrogens is 577 g/mol. The number of ether oxygens (including phenoxy) is 1. The van der Waals surface area contributed by atoms with Crippen molar-refractivity contribution >= 4 is 45.1 Å². The van der Waals surface area contributed by atoms with E-state index >= 15 is 0 Å². The Bertz CT molecular complexity index is 1570. The third kappa shape index (κ3) is 6.24. The number of aliphatic carboxylic acids is 1. The zero-order valence-corrected chi connectivity index (χ0v) is 23.6. The molecule has 208 valence electrons. The first-order chi connectivity index (χ1) is 18.9. The van der Waals surface area contributed by atoms with E-state index in [0.717, 1.165) is 4.31 Å². The van der Waals surface area contributed by atoms with Crippen molar-refractivity contribution in [2.45, 2.75) is 42.7 Å². The van der Waals surface area contributed by atoms with Crippen LogP contribution in [0.25, 0.3) is 0 Å². The van der Waals surface area contributed by atoms with Gasteiger partial charge in [0.2, 0.25) is 15.9 Å². The Morgan fingerprint density at radius 2 is 1.77 bits per heavy atom. The van der Waals surface area contributed by atoms with Gasteiger partial charge in [-0.15, -0.1) is 0 Å². The van der Waals surface area contributed by atoms with Gasteiger partial charge in [0, 0.05) is 23.0 Å². The largest absolute Gasteiger partial charge is 0.480 e. The number of hydrogen-bond donors (Lipinski definition) is 2. The molecule has 3 aromatic carbocycles. The number of carbonyl (C=O) groups excluding carboxylic acids is 1. The summed E-state index contributed by atoms with van der Waals surface area (Å²) in [7, 11) is -4.16. The molecule has 2 N–H and O–H groups in total. The van der Waals surface area contributed by atoms with Gasteiger partial charge in [-0.2, -0.15) is 9.57 Å². The number of hydrogen-bond acceptors (Lipinski definition) is 6. The van der Waals surface area contributed by atoms with E-state index in [0.29, 0.717) is 29.0 Å². The second-order valence-corrected chi connectivity index (χ2v) is 12.2. The van der Waals surface area contributed by atoms with Crippen LogP contribution in [0, 0.1) is 11.3 Å². The average Bonchev–Trinajstić information content (AvgIpc) is 3.32. The number of nitriles is 1. The maximum Gasteiger partial charge on any atom is 0.326 e. The number of amides is 1. The monoisotopic (exact) mass is 601 g/mol. The molecule has 9 nitrogen and oxygen atoms in total. The second kappa shape index (κ2) is 11.9. The van der Waals surface area contributed by atoms with Crippen molar-refractivity contribution in [2.75, 3.05) is 6.54 Å². The number of para-hydroxylation sites is 1. The van der Waals surface area contributed by atoms with Gasteiger partial charge in [-0.3, -0.25) is 4.79 Å². The molecule has 12 heteroatoms. The van der Waals surface area contributed by atoms with Gasteiger partial charge in [-0.25, -0.2) is 13.2 Å². The predicted molar refractivity (Wildman–Crippen MR) is 149 cm³/mol. The van der Waals surface area contributed by atoms with Crippen molar-refractivity contribution in [2.24, 2.45) is 0 Å². The minimum Gasteiger partial charge on any atom is -0.480 e. The molecule has 4 rings (SSSR count). The van der Waals surface area contributed by atoms with Crippen molar-refractivity contribution in [3.63, 3.8) is 0 Å². The number of nitrogens with one attached hydrogen (secondary N) is 1. The molecule has 1 amide bonds. The van der Waals surface area contributed by atoms with Crippen molar-refractivity contribution in [1.29, 1.82) is 5.26 Å². The predicted octanol–water partition coefficient (Wildman–Crippen LogP) is 5.01. The number of sulfonamides is 1. The molecule has 1 fully saturated rings. The average molecular weight is 602 g/mol. The van der Waals surface area contributed by atoms with Gasteiger partial charge in [-0.1, -0.05) is 47.5 Å². The van der Waals surface area contributed by atoms with Crippen LogP contribution in [-0.2, 0) is 26.0 Å². The molecule has 0 spiro atoms. The lowest BCUT2D eigenvalue weighted by molar-refractivity contribution is -0.143. The number of rotatable bonds is 9. The smallest absolute Gasteiger partial charge is 0.326 e. The van der Waals surface area contributed by atoms with E-state index in [-0.39, 0.29) is 34.3 Å². The van der Waals surface area contributed by atoms with Crippen LogP contribution in [0.2, 0.25) is 10.0 Å². The van der Waals surface area contributed by atoms with Gasteiger partial charge in [-0.05, 0) is 67.8 Å². The lowest BCUT2D eigenvalue weighted by atomic mass is 9.97. The summed E-state index contributed by atoms with van der Waals surface area (Å²) in [5, 5.41) is 21.9. The standard InChI is InChI=1S/C28H25Cl2N3O6S/c1-28(11-4-12-33(28)40(37,38)23-15-20(29)14-21(30)16-23)27(36)32-24(26(34)35)13-18-7-9-22(10-8-18)39-25-6-3-2-5-19(25)17-31/h2-3,5-10,14-16,24H,4,11-13H2,1H3,(H,32,36)(H,34,35)/t24-,28-/m0/s1. The third-order valence-corrected chi connectivity index (χ3v) is 9.12. The normalized spacial score (nSPS) is 18.1. The van der Waals surface area contributed by atoms with E-state index in [9.17, 15) is 28.4 Å². The fourth-order valence-corrected chi connectivity index (χ4v) is 7.11. The molecule has 0 aliphatic carbocycles. The van der Waals surface area contributed by atoms with Crippen LogP contribution in [0.4, 0.5) is 0 Å². The molecule has 0 unspecified atom stereocenters. The van der Waals surface area contributed by atoms with Gasteiger partial charge < -0.3 is 15.2 Å². The molecule has 2 atom stereocenters. The van der Waals surface area contributed by atoms with E-state index in [1.54, 1.807) is 48.5 Å². The van der Waals surface area contributed by atoms with Gasteiger partial charge in [0.05, 0.1) is 10.5 Å². The van der Waals surface area contributed by atoms with E-state index in [4.69, 9.17) is 27.9 Å². The number of benzene rings is 3. The number of nitrogens with zero attached hydrogens (tertiary/aromatic N) is 2. The highest BCUT2D eigenvalue weighted by Crippen LogP contribution is 2.36. The molecule has 1 aliphatic rings. The number of carboxylic acid groups (broad SMARTS) is 1. The fraction of sp³-hybridized carbons (Fsp3) is 0.250. The Kier molecular flexibility index (Phi) is 8.71.